The van der Waals surface area contributed by atoms with Crippen molar-refractivity contribution in [2.24, 2.45) is 0 Å². The highest BCUT2D eigenvalue weighted by molar-refractivity contribution is 7.15. The van der Waals surface area contributed by atoms with Crippen LogP contribution in [0.15, 0.2) is 29.8 Å². The van der Waals surface area contributed by atoms with Gasteiger partial charge >= 0.3 is 5.97 Å². The highest BCUT2D eigenvalue weighted by Crippen LogP contribution is 2.30. The van der Waals surface area contributed by atoms with Crippen molar-refractivity contribution in [1.29, 1.82) is 0 Å². The number of carboxylic acid groups (broad SMARTS) is 1. The quantitative estimate of drug-likeness (QED) is 0.804. The monoisotopic (exact) mass is 292 g/mol. The van der Waals surface area contributed by atoms with Gasteiger partial charge in [-0.1, -0.05) is 6.07 Å². The lowest BCUT2D eigenvalue weighted by atomic mass is 10.2. The van der Waals surface area contributed by atoms with E-state index < -0.39 is 11.8 Å². The first-order valence-corrected chi connectivity index (χ1v) is 6.57. The number of hydrogen-bond donors (Lipinski definition) is 1. The van der Waals surface area contributed by atoms with Gasteiger partial charge in [-0.05, 0) is 18.6 Å². The summed E-state index contributed by atoms with van der Waals surface area (Å²) in [6.07, 6.45) is 1.60. The molecule has 0 fully saturated rings. The van der Waals surface area contributed by atoms with E-state index in [1.165, 1.54) is 27.9 Å². The van der Waals surface area contributed by atoms with Gasteiger partial charge in [0.1, 0.15) is 11.6 Å². The van der Waals surface area contributed by atoms with Crippen LogP contribution in [0.4, 0.5) is 4.39 Å². The number of aryl methyl sites for hydroxylation is 1. The molecule has 3 rings (SSSR count). The molecule has 102 valence electrons. The van der Waals surface area contributed by atoms with Crippen molar-refractivity contribution < 1.29 is 19.0 Å². The Labute approximate surface area is 116 Å². The molecule has 0 bridgehead atoms. The summed E-state index contributed by atoms with van der Waals surface area (Å²) in [5.41, 5.74) is 0.615. The van der Waals surface area contributed by atoms with Gasteiger partial charge in [-0.15, -0.1) is 11.3 Å². The number of carboxylic acids is 1. The molecule has 0 atom stereocenters. The second kappa shape index (κ2) is 4.61. The number of benzene rings is 1. The van der Waals surface area contributed by atoms with Gasteiger partial charge in [0.25, 0.3) is 5.88 Å². The number of fused-ring (bicyclic) bond motifs is 1. The second-order valence-corrected chi connectivity index (χ2v) is 5.01. The third kappa shape index (κ3) is 2.01. The summed E-state index contributed by atoms with van der Waals surface area (Å²) in [4.78, 5) is 15.9. The summed E-state index contributed by atoms with van der Waals surface area (Å²) < 4.78 is 20.1. The fraction of sp³-hybridized carbons (Fsp3) is 0.0769. The first-order valence-electron chi connectivity index (χ1n) is 5.69. The van der Waals surface area contributed by atoms with E-state index in [1.807, 2.05) is 0 Å². The molecule has 0 aliphatic carbocycles. The third-order valence-electron chi connectivity index (χ3n) is 2.79. The number of thiazole rings is 1. The standard InChI is InChI=1S/C13H9FN2O3S/c1-7-2-3-8(14)6-9(7)19-11-10(12(17)18)16-4-5-20-13(16)15-11/h2-6H,1H3,(H,17,18). The predicted molar refractivity (Wildman–Crippen MR) is 71.2 cm³/mol. The molecule has 0 amide bonds. The van der Waals surface area contributed by atoms with Gasteiger partial charge in [0.2, 0.25) is 0 Å². The number of rotatable bonds is 3. The maximum atomic E-state index is 13.2. The first-order chi connectivity index (χ1) is 9.56. The molecule has 5 nitrogen and oxygen atoms in total. The van der Waals surface area contributed by atoms with Crippen LogP contribution in [0.1, 0.15) is 16.1 Å². The lowest BCUT2D eigenvalue weighted by molar-refractivity contribution is 0.0686. The maximum Gasteiger partial charge on any atom is 0.358 e. The lowest BCUT2D eigenvalue weighted by Gasteiger charge is -2.06. The summed E-state index contributed by atoms with van der Waals surface area (Å²) in [7, 11) is 0. The first kappa shape index (κ1) is 12.6. The van der Waals surface area contributed by atoms with Crippen molar-refractivity contribution in [2.45, 2.75) is 6.92 Å². The van der Waals surface area contributed by atoms with E-state index >= 15 is 0 Å². The number of imidazole rings is 1. The maximum absolute atomic E-state index is 13.2. The smallest absolute Gasteiger partial charge is 0.358 e. The van der Waals surface area contributed by atoms with Crippen LogP contribution >= 0.6 is 11.3 Å². The van der Waals surface area contributed by atoms with Gasteiger partial charge in [-0.3, -0.25) is 4.40 Å². The molecular formula is C13H9FN2O3S. The molecule has 3 aromatic rings. The second-order valence-electron chi connectivity index (χ2n) is 4.14. The summed E-state index contributed by atoms with van der Waals surface area (Å²) in [6, 6.07) is 4.07. The third-order valence-corrected chi connectivity index (χ3v) is 3.55. The van der Waals surface area contributed by atoms with Crippen LogP contribution in [0, 0.1) is 12.7 Å². The van der Waals surface area contributed by atoms with E-state index in [-0.39, 0.29) is 17.3 Å². The lowest BCUT2D eigenvalue weighted by Crippen LogP contribution is -2.03. The number of halogens is 1. The average molecular weight is 292 g/mol. The van der Waals surface area contributed by atoms with Gasteiger partial charge in [0.15, 0.2) is 10.7 Å². The Hall–Kier alpha value is -2.41. The molecule has 7 heteroatoms. The molecular weight excluding hydrogens is 283 g/mol. The Morgan fingerprint density at radius 3 is 3.05 bits per heavy atom. The number of aromatic carboxylic acids is 1. The van der Waals surface area contributed by atoms with Crippen molar-refractivity contribution in [3.05, 3.63) is 46.9 Å². The summed E-state index contributed by atoms with van der Waals surface area (Å²) >= 11 is 1.29. The van der Waals surface area contributed by atoms with Crippen LogP contribution in [0.25, 0.3) is 4.96 Å². The SMILES string of the molecule is Cc1ccc(F)cc1Oc1nc2sccn2c1C(=O)O. The highest BCUT2D eigenvalue weighted by atomic mass is 32.1. The summed E-state index contributed by atoms with van der Waals surface area (Å²) in [5, 5.41) is 11.0. The number of aromatic nitrogens is 2. The van der Waals surface area contributed by atoms with Gasteiger partial charge in [-0.2, -0.15) is 4.98 Å². The van der Waals surface area contributed by atoms with Crippen molar-refractivity contribution in [1.82, 2.24) is 9.38 Å². The van der Waals surface area contributed by atoms with Crippen LogP contribution in [0.5, 0.6) is 11.6 Å². The fourth-order valence-corrected chi connectivity index (χ4v) is 2.53. The number of ether oxygens (including phenoxy) is 1. The van der Waals surface area contributed by atoms with Crippen LogP contribution in [0.3, 0.4) is 0 Å². The van der Waals surface area contributed by atoms with E-state index in [4.69, 9.17) is 4.74 Å². The molecule has 0 aliphatic heterocycles. The predicted octanol–water partition coefficient (Wildman–Crippen LogP) is 3.33. The minimum absolute atomic E-state index is 0.0435. The number of carbonyl (C=O) groups is 1. The zero-order chi connectivity index (χ0) is 14.3. The molecule has 0 radical (unpaired) electrons. The minimum Gasteiger partial charge on any atom is -0.476 e. The van der Waals surface area contributed by atoms with E-state index in [0.717, 1.165) is 0 Å². The molecule has 1 aromatic carbocycles. The van der Waals surface area contributed by atoms with E-state index in [0.29, 0.717) is 10.5 Å². The average Bonchev–Trinajstić information content (AvgIpc) is 2.93. The molecule has 0 unspecified atom stereocenters. The van der Waals surface area contributed by atoms with Gasteiger partial charge < -0.3 is 9.84 Å². The van der Waals surface area contributed by atoms with Crippen LogP contribution in [0.2, 0.25) is 0 Å². The topological polar surface area (TPSA) is 63.8 Å². The Balaban J connectivity index is 2.10. The molecule has 0 aliphatic rings. The number of hydrogen-bond acceptors (Lipinski definition) is 4. The zero-order valence-electron chi connectivity index (χ0n) is 10.3. The van der Waals surface area contributed by atoms with Crippen molar-refractivity contribution in [3.63, 3.8) is 0 Å². The molecule has 1 N–H and O–H groups in total. The number of nitrogens with zero attached hydrogens (tertiary/aromatic N) is 2. The Bertz CT molecular complexity index is 809. The van der Waals surface area contributed by atoms with Crippen molar-refractivity contribution >= 4 is 22.3 Å². The summed E-state index contributed by atoms with van der Waals surface area (Å²) in [5.74, 6) is -1.40. The summed E-state index contributed by atoms with van der Waals surface area (Å²) in [6.45, 7) is 1.74. The highest BCUT2D eigenvalue weighted by Gasteiger charge is 2.22. The Morgan fingerprint density at radius 1 is 1.50 bits per heavy atom. The molecule has 0 saturated carbocycles. The van der Waals surface area contributed by atoms with Crippen LogP contribution in [-0.2, 0) is 0 Å². The normalized spacial score (nSPS) is 10.9. The van der Waals surface area contributed by atoms with E-state index in [2.05, 4.69) is 4.98 Å². The van der Waals surface area contributed by atoms with Gasteiger partial charge in [0.05, 0.1) is 0 Å². The zero-order valence-corrected chi connectivity index (χ0v) is 11.1. The fourth-order valence-electron chi connectivity index (χ4n) is 1.82. The van der Waals surface area contributed by atoms with Crippen LogP contribution < -0.4 is 4.74 Å². The van der Waals surface area contributed by atoms with Crippen molar-refractivity contribution in [2.75, 3.05) is 0 Å². The molecule has 2 aromatic heterocycles. The molecule has 0 saturated heterocycles. The van der Waals surface area contributed by atoms with E-state index in [9.17, 15) is 14.3 Å². The van der Waals surface area contributed by atoms with Crippen LogP contribution in [-0.4, -0.2) is 20.5 Å². The Kier molecular flexibility index (Phi) is 2.90. The van der Waals surface area contributed by atoms with Gasteiger partial charge in [0, 0.05) is 17.6 Å². The molecule has 2 heterocycles. The van der Waals surface area contributed by atoms with Crippen molar-refractivity contribution in [3.8, 4) is 11.6 Å². The Morgan fingerprint density at radius 2 is 2.30 bits per heavy atom. The molecule has 20 heavy (non-hydrogen) atoms. The largest absolute Gasteiger partial charge is 0.476 e. The minimum atomic E-state index is -1.15. The molecule has 0 spiro atoms. The van der Waals surface area contributed by atoms with E-state index in [1.54, 1.807) is 24.6 Å². The van der Waals surface area contributed by atoms with Gasteiger partial charge in [-0.25, -0.2) is 9.18 Å².